The summed E-state index contributed by atoms with van der Waals surface area (Å²) in [5.41, 5.74) is 4.12. The summed E-state index contributed by atoms with van der Waals surface area (Å²) in [6.45, 7) is 19.6. The fourth-order valence-corrected chi connectivity index (χ4v) is 11.0. The second kappa shape index (κ2) is 35.9. The zero-order valence-electron chi connectivity index (χ0n) is 45.1. The second-order valence-corrected chi connectivity index (χ2v) is 20.8. The van der Waals surface area contributed by atoms with Crippen molar-refractivity contribution in [1.82, 2.24) is 14.7 Å². The number of nitrogens with zero attached hydrogens (tertiary/aromatic N) is 4. The summed E-state index contributed by atoms with van der Waals surface area (Å²) in [7, 11) is 16.5. The molecule has 14 heteroatoms. The lowest BCUT2D eigenvalue weighted by molar-refractivity contribution is -0.904. The zero-order chi connectivity index (χ0) is 50.9. The van der Waals surface area contributed by atoms with Crippen molar-refractivity contribution in [2.24, 2.45) is 0 Å². The van der Waals surface area contributed by atoms with Gasteiger partial charge >= 0.3 is 0 Å². The van der Waals surface area contributed by atoms with Crippen molar-refractivity contribution in [3.63, 3.8) is 0 Å². The lowest BCUT2D eigenvalue weighted by Crippen LogP contribution is -3.14. The number of nitrogens with two attached hydrogens (primary N) is 1. The number of hydrogen-bond donors (Lipinski definition) is 2. The van der Waals surface area contributed by atoms with Crippen molar-refractivity contribution in [3.05, 3.63) is 95.5 Å². The first kappa shape index (κ1) is 59.4. The molecule has 12 nitrogen and oxygen atoms in total. The number of aromatic nitrogens is 1. The van der Waals surface area contributed by atoms with Gasteiger partial charge in [0, 0.05) is 86.6 Å². The van der Waals surface area contributed by atoms with Crippen LogP contribution in [0.1, 0.15) is 82.0 Å². The van der Waals surface area contributed by atoms with Gasteiger partial charge in [-0.25, -0.2) is 0 Å². The highest BCUT2D eigenvalue weighted by molar-refractivity contribution is 8.76. The van der Waals surface area contributed by atoms with Crippen LogP contribution in [0, 0.1) is 0 Å². The zero-order valence-corrected chi connectivity index (χ0v) is 46.7. The molecule has 0 bridgehead atoms. The van der Waals surface area contributed by atoms with E-state index in [1.54, 1.807) is 47.6 Å². The molecule has 1 aromatic heterocycles. The standard InChI is InChI=1S/C57H89N6O6S2/c1-10-12-23-48(25-27-52-54(66-6)44-50(64-4)45-55(52)67-7)58-29-14-16-31-60(11-2)37-36-59(3)30-19-21-42-70-71-43-22-20-33-62-40-38-61(39-41-62)32-17-18-35-63-34-15-13-24-49(63)26-28-53-56(68-8)46-51(65-5)47-57(53)69-9/h10,12-13,15,23-28,34,44-47,58H,11,14,16-22,29-33,35-43H2,1-9H3/q+1/p+2/b12-10-,27-25+,28-26+,48-23-. The lowest BCUT2D eigenvalue weighted by Gasteiger charge is -2.32. The van der Waals surface area contributed by atoms with Crippen LogP contribution >= 0.6 is 21.6 Å². The third-order valence-electron chi connectivity index (χ3n) is 13.2. The summed E-state index contributed by atoms with van der Waals surface area (Å²) in [6.07, 6.45) is 26.9. The minimum atomic E-state index is 0.706. The highest BCUT2D eigenvalue weighted by atomic mass is 33.1. The quantitative estimate of drug-likeness (QED) is 0.0256. The number of benzene rings is 2. The van der Waals surface area contributed by atoms with Crippen molar-refractivity contribution in [2.45, 2.75) is 71.8 Å². The number of allylic oxidation sites excluding steroid dienone is 4. The molecule has 394 valence electrons. The minimum Gasteiger partial charge on any atom is -0.496 e. The van der Waals surface area contributed by atoms with E-state index in [0.717, 1.165) is 91.9 Å². The van der Waals surface area contributed by atoms with Crippen molar-refractivity contribution in [2.75, 3.05) is 140 Å². The predicted octanol–water partition coefficient (Wildman–Crippen LogP) is 7.89. The molecular weight excluding hydrogens is 929 g/mol. The Hall–Kier alpha value is -4.15. The van der Waals surface area contributed by atoms with Gasteiger partial charge in [-0.1, -0.05) is 40.7 Å². The summed E-state index contributed by atoms with van der Waals surface area (Å²) in [5, 5.41) is 2.33. The molecule has 0 spiro atoms. The van der Waals surface area contributed by atoms with E-state index in [4.69, 9.17) is 28.4 Å². The minimum absolute atomic E-state index is 0.706. The number of likely N-dealkylation sites (N-methyl/N-ethyl adjacent to an activating group) is 2. The Morgan fingerprint density at radius 1 is 0.704 bits per heavy atom. The van der Waals surface area contributed by atoms with Crippen LogP contribution in [0.4, 0.5) is 0 Å². The number of methoxy groups -OCH3 is 6. The first-order chi connectivity index (χ1) is 34.8. The molecule has 1 aliphatic rings. The van der Waals surface area contributed by atoms with Gasteiger partial charge < -0.3 is 48.4 Å². The maximum atomic E-state index is 5.65. The summed E-state index contributed by atoms with van der Waals surface area (Å²) in [4.78, 5) is 9.60. The van der Waals surface area contributed by atoms with Crippen LogP contribution in [0.5, 0.6) is 34.5 Å². The Morgan fingerprint density at radius 3 is 1.93 bits per heavy atom. The first-order valence-corrected chi connectivity index (χ1v) is 28.6. The van der Waals surface area contributed by atoms with Crippen molar-refractivity contribution >= 4 is 39.8 Å². The molecule has 71 heavy (non-hydrogen) atoms. The number of pyridine rings is 1. The van der Waals surface area contributed by atoms with E-state index >= 15 is 0 Å². The SMILES string of the molecule is C\C=C/C=C(/C=C/c1c(OC)cc(OC)cc1OC)[NH2+]CCCCN(CC)CCN(C)CCCCSSCCCC[NH+]1CCN(CCCC[n+]2ccccc2/C=C/c2c(OC)cc(OC)cc2OC)CC1. The summed E-state index contributed by atoms with van der Waals surface area (Å²) < 4.78 is 35.8. The molecule has 0 atom stereocenters. The number of nitrogens with one attached hydrogen (secondary N) is 1. The maximum absolute atomic E-state index is 5.65. The van der Waals surface area contributed by atoms with Gasteiger partial charge in [0.05, 0.1) is 80.0 Å². The Bertz CT molecular complexity index is 2010. The molecule has 0 saturated carbocycles. The van der Waals surface area contributed by atoms with Crippen molar-refractivity contribution in [1.29, 1.82) is 0 Å². The number of aryl methyl sites for hydroxylation is 1. The number of hydrogen-bond acceptors (Lipinski definition) is 11. The molecule has 0 radical (unpaired) electrons. The number of ether oxygens (including phenoxy) is 6. The predicted molar refractivity (Wildman–Crippen MR) is 300 cm³/mol. The summed E-state index contributed by atoms with van der Waals surface area (Å²) in [5.74, 6) is 6.84. The summed E-state index contributed by atoms with van der Waals surface area (Å²) >= 11 is 0. The van der Waals surface area contributed by atoms with Crippen LogP contribution in [-0.4, -0.2) is 154 Å². The van der Waals surface area contributed by atoms with Crippen LogP contribution < -0.4 is 43.2 Å². The van der Waals surface area contributed by atoms with Crippen molar-refractivity contribution in [3.8, 4) is 34.5 Å². The van der Waals surface area contributed by atoms with E-state index < -0.39 is 0 Å². The van der Waals surface area contributed by atoms with E-state index in [1.165, 1.54) is 102 Å². The number of quaternary nitrogens is 2. The molecule has 0 unspecified atom stereocenters. The Kier molecular flexibility index (Phi) is 30.0. The molecule has 3 N–H and O–H groups in total. The normalized spacial score (nSPS) is 13.9. The van der Waals surface area contributed by atoms with E-state index in [1.807, 2.05) is 31.2 Å². The molecular formula is C57H91N6O6S2+3. The molecule has 1 saturated heterocycles. The monoisotopic (exact) mass is 1020 g/mol. The van der Waals surface area contributed by atoms with Crippen LogP contribution in [0.25, 0.3) is 18.2 Å². The number of piperazine rings is 1. The average Bonchev–Trinajstić information content (AvgIpc) is 3.40. The molecule has 0 amide bonds. The fourth-order valence-electron chi connectivity index (χ4n) is 8.74. The smallest absolute Gasteiger partial charge is 0.205 e. The highest BCUT2D eigenvalue weighted by Gasteiger charge is 2.20. The Balaban J connectivity index is 0.980. The number of rotatable bonds is 37. The van der Waals surface area contributed by atoms with E-state index in [9.17, 15) is 0 Å². The molecule has 1 aliphatic heterocycles. The molecule has 4 rings (SSSR count). The van der Waals surface area contributed by atoms with Gasteiger partial charge in [0.2, 0.25) is 5.69 Å². The number of unbranched alkanes of at least 4 members (excludes halogenated alkanes) is 4. The van der Waals surface area contributed by atoms with Crippen LogP contribution in [0.3, 0.4) is 0 Å². The van der Waals surface area contributed by atoms with Gasteiger partial charge in [0.1, 0.15) is 46.7 Å². The van der Waals surface area contributed by atoms with Crippen LogP contribution in [-0.2, 0) is 6.54 Å². The van der Waals surface area contributed by atoms with Gasteiger partial charge in [-0.3, -0.25) is 4.90 Å². The molecule has 2 aromatic carbocycles. The van der Waals surface area contributed by atoms with Gasteiger partial charge in [-0.15, -0.1) is 0 Å². The fraction of sp³-hybridized carbons (Fsp3) is 0.561. The van der Waals surface area contributed by atoms with Crippen LogP contribution in [0.2, 0.25) is 0 Å². The second-order valence-electron chi connectivity index (χ2n) is 18.1. The molecule has 1 fully saturated rings. The highest BCUT2D eigenvalue weighted by Crippen LogP contribution is 2.36. The maximum Gasteiger partial charge on any atom is 0.205 e. The Morgan fingerprint density at radius 2 is 1.32 bits per heavy atom. The lowest BCUT2D eigenvalue weighted by atomic mass is 10.1. The molecule has 3 aromatic rings. The molecule has 0 aliphatic carbocycles. The van der Waals surface area contributed by atoms with E-state index in [-0.39, 0.29) is 0 Å². The van der Waals surface area contributed by atoms with Gasteiger partial charge in [0.25, 0.3) is 0 Å². The van der Waals surface area contributed by atoms with E-state index in [2.05, 4.69) is 127 Å². The summed E-state index contributed by atoms with van der Waals surface area (Å²) in [6, 6.07) is 13.9. The largest absolute Gasteiger partial charge is 0.496 e. The third kappa shape index (κ3) is 22.2. The van der Waals surface area contributed by atoms with Crippen LogP contribution in [0.15, 0.2) is 78.7 Å². The van der Waals surface area contributed by atoms with Gasteiger partial charge in [-0.05, 0) is 115 Å². The average molecular weight is 1020 g/mol. The first-order valence-electron chi connectivity index (χ1n) is 26.1. The molecule has 2 heterocycles. The Labute approximate surface area is 437 Å². The van der Waals surface area contributed by atoms with E-state index in [0.29, 0.717) is 11.5 Å². The topological polar surface area (TPSA) is 90.0 Å². The van der Waals surface area contributed by atoms with Gasteiger partial charge in [-0.2, -0.15) is 4.57 Å². The van der Waals surface area contributed by atoms with Gasteiger partial charge in [0.15, 0.2) is 6.20 Å². The van der Waals surface area contributed by atoms with Crippen molar-refractivity contribution < 1.29 is 43.2 Å². The third-order valence-corrected chi connectivity index (χ3v) is 15.8.